The van der Waals surface area contributed by atoms with E-state index in [1.165, 1.54) is 12.3 Å². The van der Waals surface area contributed by atoms with Crippen molar-refractivity contribution in [2.24, 2.45) is 12.0 Å². The summed E-state index contributed by atoms with van der Waals surface area (Å²) >= 11 is 0. The number of hydrogen-bond acceptors (Lipinski definition) is 4. The molecule has 0 bridgehead atoms. The number of pyridine rings is 1. The molecule has 0 saturated heterocycles. The van der Waals surface area contributed by atoms with Crippen LogP contribution < -0.4 is 10.1 Å². The van der Waals surface area contributed by atoms with E-state index in [-0.39, 0.29) is 5.88 Å². The minimum absolute atomic E-state index is 0.0677. The molecule has 0 aliphatic rings. The average Bonchev–Trinajstić information content (AvgIpc) is 3.04. The van der Waals surface area contributed by atoms with Crippen LogP contribution >= 0.6 is 0 Å². The summed E-state index contributed by atoms with van der Waals surface area (Å²) in [4.78, 5) is 10.5. The summed E-state index contributed by atoms with van der Waals surface area (Å²) in [5, 5.41) is 7.80. The molecule has 7 nitrogen and oxygen atoms in total. The number of halogens is 3. The van der Waals surface area contributed by atoms with Crippen LogP contribution in [0.2, 0.25) is 0 Å². The Labute approximate surface area is 175 Å². The highest BCUT2D eigenvalue weighted by molar-refractivity contribution is 5.79. The third-order valence-electron chi connectivity index (χ3n) is 4.18. The molecule has 0 saturated carbocycles. The molecule has 0 radical (unpaired) electrons. The first-order valence-electron chi connectivity index (χ1n) is 9.75. The topological polar surface area (TPSA) is 67.6 Å². The van der Waals surface area contributed by atoms with E-state index in [1.54, 1.807) is 6.07 Å². The number of nitrogens with zero attached hydrogens (tertiary/aromatic N) is 5. The maximum absolute atomic E-state index is 12.2. The molecule has 1 N–H and O–H groups in total. The Bertz CT molecular complexity index is 830. The number of rotatable bonds is 8. The van der Waals surface area contributed by atoms with Gasteiger partial charge in [-0.15, -0.1) is 0 Å². The molecule has 0 spiro atoms. The van der Waals surface area contributed by atoms with Crippen molar-refractivity contribution < 1.29 is 17.9 Å². The second-order valence-corrected chi connectivity index (χ2v) is 7.30. The number of alkyl halides is 3. The molecule has 0 atom stereocenters. The van der Waals surface area contributed by atoms with E-state index in [0.29, 0.717) is 31.5 Å². The summed E-state index contributed by atoms with van der Waals surface area (Å²) in [6.45, 7) is 6.54. The molecule has 0 unspecified atom stereocenters. The van der Waals surface area contributed by atoms with Crippen molar-refractivity contribution >= 4 is 5.96 Å². The standard InChI is InChI=1S/C20H29F3N6O/c1-6-24-19(28(4)11-16-12-29(5)27-18(16)14(2)3)26-10-15-7-8-17(25-9-15)30-13-20(21,22)23/h7-9,12,14H,6,10-11,13H2,1-5H3,(H,24,26). The summed E-state index contributed by atoms with van der Waals surface area (Å²) in [5.74, 6) is 0.966. The number of hydrogen-bond donors (Lipinski definition) is 1. The number of ether oxygens (including phenoxy) is 1. The lowest BCUT2D eigenvalue weighted by molar-refractivity contribution is -0.154. The van der Waals surface area contributed by atoms with Crippen LogP contribution in [0, 0.1) is 0 Å². The first kappa shape index (κ1) is 23.5. The van der Waals surface area contributed by atoms with Crippen LogP contribution in [-0.2, 0) is 20.1 Å². The summed E-state index contributed by atoms with van der Waals surface area (Å²) in [6.07, 6.45) is -0.907. The highest BCUT2D eigenvalue weighted by atomic mass is 19.4. The molecule has 0 fully saturated rings. The zero-order valence-corrected chi connectivity index (χ0v) is 18.0. The Morgan fingerprint density at radius 1 is 1.33 bits per heavy atom. The molecule has 0 aromatic carbocycles. The van der Waals surface area contributed by atoms with Gasteiger partial charge in [-0.05, 0) is 18.4 Å². The third kappa shape index (κ3) is 7.23. The molecule has 2 aromatic rings. The van der Waals surface area contributed by atoms with E-state index >= 15 is 0 Å². The fourth-order valence-electron chi connectivity index (χ4n) is 2.87. The van der Waals surface area contributed by atoms with Gasteiger partial charge >= 0.3 is 6.18 Å². The van der Waals surface area contributed by atoms with Crippen LogP contribution in [0.5, 0.6) is 5.88 Å². The van der Waals surface area contributed by atoms with Crippen molar-refractivity contribution in [1.29, 1.82) is 0 Å². The summed E-state index contributed by atoms with van der Waals surface area (Å²) in [6, 6.07) is 3.07. The van der Waals surface area contributed by atoms with Crippen molar-refractivity contribution in [1.82, 2.24) is 25.0 Å². The average molecular weight is 426 g/mol. The fourth-order valence-corrected chi connectivity index (χ4v) is 2.87. The molecule has 2 rings (SSSR count). The van der Waals surface area contributed by atoms with Gasteiger partial charge in [0.15, 0.2) is 12.6 Å². The van der Waals surface area contributed by atoms with E-state index < -0.39 is 12.8 Å². The zero-order valence-electron chi connectivity index (χ0n) is 18.0. The number of nitrogens with one attached hydrogen (secondary N) is 1. The molecular formula is C20H29F3N6O. The molecule has 166 valence electrons. The summed E-state index contributed by atoms with van der Waals surface area (Å²) in [5.41, 5.74) is 2.95. The van der Waals surface area contributed by atoms with Gasteiger partial charge in [0.1, 0.15) is 0 Å². The fraction of sp³-hybridized carbons (Fsp3) is 0.550. The van der Waals surface area contributed by atoms with Crippen molar-refractivity contribution in [3.05, 3.63) is 41.3 Å². The second kappa shape index (κ2) is 10.3. The van der Waals surface area contributed by atoms with Crippen LogP contribution in [0.4, 0.5) is 13.2 Å². The van der Waals surface area contributed by atoms with Gasteiger partial charge in [0.2, 0.25) is 5.88 Å². The van der Waals surface area contributed by atoms with Gasteiger partial charge < -0.3 is 15.0 Å². The van der Waals surface area contributed by atoms with E-state index in [1.807, 2.05) is 36.8 Å². The van der Waals surface area contributed by atoms with E-state index in [0.717, 1.165) is 16.8 Å². The summed E-state index contributed by atoms with van der Waals surface area (Å²) < 4.78 is 43.1. The van der Waals surface area contributed by atoms with E-state index in [9.17, 15) is 13.2 Å². The quantitative estimate of drug-likeness (QED) is 0.517. The Balaban J connectivity index is 2.05. The Hall–Kier alpha value is -2.78. The van der Waals surface area contributed by atoms with E-state index in [4.69, 9.17) is 0 Å². The molecule has 0 aliphatic heterocycles. The molecule has 10 heteroatoms. The number of aliphatic imine (C=N–C) groups is 1. The van der Waals surface area contributed by atoms with Crippen molar-refractivity contribution in [3.63, 3.8) is 0 Å². The molecule has 2 aromatic heterocycles. The zero-order chi connectivity index (χ0) is 22.3. The first-order chi connectivity index (χ1) is 14.1. The SMILES string of the molecule is CCNC(=NCc1ccc(OCC(F)(F)F)nc1)N(C)Cc1cn(C)nc1C(C)C. The minimum atomic E-state index is -4.39. The molecule has 0 aliphatic carbocycles. The van der Waals surface area contributed by atoms with Crippen LogP contribution in [0.3, 0.4) is 0 Å². The number of guanidine groups is 1. The van der Waals surface area contributed by atoms with Crippen LogP contribution in [0.15, 0.2) is 29.5 Å². The minimum Gasteiger partial charge on any atom is -0.468 e. The van der Waals surface area contributed by atoms with Crippen molar-refractivity contribution in [2.75, 3.05) is 20.2 Å². The Morgan fingerprint density at radius 2 is 2.07 bits per heavy atom. The largest absolute Gasteiger partial charge is 0.468 e. The van der Waals surface area contributed by atoms with Gasteiger partial charge in [0.25, 0.3) is 0 Å². The van der Waals surface area contributed by atoms with Gasteiger partial charge in [0, 0.05) is 51.2 Å². The normalized spacial score (nSPS) is 12.4. The van der Waals surface area contributed by atoms with Gasteiger partial charge in [0.05, 0.1) is 12.2 Å². The lowest BCUT2D eigenvalue weighted by Crippen LogP contribution is -2.38. The maximum Gasteiger partial charge on any atom is 0.422 e. The highest BCUT2D eigenvalue weighted by Crippen LogP contribution is 2.19. The smallest absolute Gasteiger partial charge is 0.422 e. The predicted octanol–water partition coefficient (Wildman–Crippen LogP) is 3.48. The van der Waals surface area contributed by atoms with Crippen molar-refractivity contribution in [3.8, 4) is 5.88 Å². The maximum atomic E-state index is 12.2. The molecule has 2 heterocycles. The predicted molar refractivity (Wildman–Crippen MR) is 109 cm³/mol. The van der Waals surface area contributed by atoms with Gasteiger partial charge in [-0.25, -0.2) is 9.98 Å². The van der Waals surface area contributed by atoms with Crippen molar-refractivity contribution in [2.45, 2.75) is 46.0 Å². The third-order valence-corrected chi connectivity index (χ3v) is 4.18. The molecule has 0 amide bonds. The van der Waals surface area contributed by atoms with Crippen LogP contribution in [0.1, 0.15) is 43.5 Å². The van der Waals surface area contributed by atoms with E-state index in [2.05, 4.69) is 39.0 Å². The molecule has 30 heavy (non-hydrogen) atoms. The lowest BCUT2D eigenvalue weighted by Gasteiger charge is -2.22. The molecular weight excluding hydrogens is 397 g/mol. The van der Waals surface area contributed by atoms with Gasteiger partial charge in [-0.1, -0.05) is 19.9 Å². The lowest BCUT2D eigenvalue weighted by atomic mass is 10.1. The monoisotopic (exact) mass is 426 g/mol. The summed E-state index contributed by atoms with van der Waals surface area (Å²) in [7, 11) is 3.86. The van der Waals surface area contributed by atoms with Crippen LogP contribution in [0.25, 0.3) is 0 Å². The van der Waals surface area contributed by atoms with Crippen LogP contribution in [-0.4, -0.2) is 52.0 Å². The Kier molecular flexibility index (Phi) is 8.08. The number of aromatic nitrogens is 3. The van der Waals surface area contributed by atoms with Gasteiger partial charge in [-0.2, -0.15) is 18.3 Å². The Morgan fingerprint density at radius 3 is 2.63 bits per heavy atom. The highest BCUT2D eigenvalue weighted by Gasteiger charge is 2.28. The number of aryl methyl sites for hydroxylation is 1. The second-order valence-electron chi connectivity index (χ2n) is 7.30. The first-order valence-corrected chi connectivity index (χ1v) is 9.75. The van der Waals surface area contributed by atoms with Gasteiger partial charge in [-0.3, -0.25) is 4.68 Å².